The minimum atomic E-state index is -1.14. The molecule has 0 unspecified atom stereocenters. The van der Waals surface area contributed by atoms with Gasteiger partial charge in [0.15, 0.2) is 5.54 Å². The summed E-state index contributed by atoms with van der Waals surface area (Å²) >= 11 is 12.2. The molecule has 0 fully saturated rings. The van der Waals surface area contributed by atoms with Crippen LogP contribution >= 0.6 is 23.2 Å². The summed E-state index contributed by atoms with van der Waals surface area (Å²) in [5.41, 5.74) is 7.37. The molecule has 0 spiro atoms. The van der Waals surface area contributed by atoms with Crippen LogP contribution in [0.5, 0.6) is 5.75 Å². The van der Waals surface area contributed by atoms with Crippen molar-refractivity contribution in [3.63, 3.8) is 0 Å². The van der Waals surface area contributed by atoms with Crippen molar-refractivity contribution in [3.05, 3.63) is 106 Å². The fourth-order valence-electron chi connectivity index (χ4n) is 3.99. The van der Waals surface area contributed by atoms with Gasteiger partial charge < -0.3 is 14.6 Å². The number of ether oxygens (including phenoxy) is 2. The molecule has 4 rings (SSSR count). The molecule has 0 saturated heterocycles. The Morgan fingerprint density at radius 1 is 1.10 bits per heavy atom. The molecule has 0 bridgehead atoms. The van der Waals surface area contributed by atoms with Crippen molar-refractivity contribution in [1.29, 1.82) is 0 Å². The lowest BCUT2D eigenvalue weighted by Gasteiger charge is -2.22. The van der Waals surface area contributed by atoms with Gasteiger partial charge in [-0.3, -0.25) is 10.2 Å². The normalized spacial score (nSPS) is 16.6. The predicted octanol–water partition coefficient (Wildman–Crippen LogP) is 5.24. The third-order valence-corrected chi connectivity index (χ3v) is 6.75. The summed E-state index contributed by atoms with van der Waals surface area (Å²) in [7, 11) is 0. The molecule has 7 nitrogen and oxygen atoms in total. The lowest BCUT2D eigenvalue weighted by atomic mass is 9.95. The first-order valence-electron chi connectivity index (χ1n) is 12.7. The Kier molecular flexibility index (Phi) is 10.4. The largest absolute Gasteiger partial charge is 0.494 e. The topological polar surface area (TPSA) is 92.2 Å². The van der Waals surface area contributed by atoms with Crippen molar-refractivity contribution >= 4 is 41.1 Å². The van der Waals surface area contributed by atoms with Gasteiger partial charge in [-0.05, 0) is 53.9 Å². The van der Waals surface area contributed by atoms with Crippen LogP contribution in [0.2, 0.25) is 10.0 Å². The highest BCUT2D eigenvalue weighted by atomic mass is 35.5. The van der Waals surface area contributed by atoms with Gasteiger partial charge in [-0.2, -0.15) is 0 Å². The fraction of sp³-hybridized carbons (Fsp3) is 0.267. The van der Waals surface area contributed by atoms with E-state index in [-0.39, 0.29) is 19.1 Å². The summed E-state index contributed by atoms with van der Waals surface area (Å²) in [5.74, 6) is 0.792. The third kappa shape index (κ3) is 8.07. The second-order valence-corrected chi connectivity index (χ2v) is 9.91. The van der Waals surface area contributed by atoms with E-state index in [0.717, 1.165) is 16.7 Å². The number of amides is 1. The van der Waals surface area contributed by atoms with Crippen molar-refractivity contribution < 1.29 is 19.4 Å². The number of halogens is 2. The molecule has 0 aliphatic carbocycles. The van der Waals surface area contributed by atoms with Gasteiger partial charge in [-0.25, -0.2) is 10.4 Å². The first kappa shape index (κ1) is 28.6. The predicted molar refractivity (Wildman–Crippen MR) is 155 cm³/mol. The van der Waals surface area contributed by atoms with Gasteiger partial charge in [0.2, 0.25) is 5.90 Å². The molecule has 1 amide bonds. The van der Waals surface area contributed by atoms with Crippen molar-refractivity contribution in [2.24, 2.45) is 4.99 Å². The van der Waals surface area contributed by atoms with E-state index in [0.29, 0.717) is 54.1 Å². The summed E-state index contributed by atoms with van der Waals surface area (Å²) in [4.78, 5) is 18.2. The molecule has 0 aromatic heterocycles. The molecule has 39 heavy (non-hydrogen) atoms. The molecule has 9 heteroatoms. The molecule has 1 aliphatic rings. The molecule has 0 radical (unpaired) electrons. The molecular formula is C30H31Cl2N3O4. The molecule has 1 aliphatic heterocycles. The van der Waals surface area contributed by atoms with Crippen LogP contribution in [0.15, 0.2) is 83.9 Å². The number of hydrogen-bond donors (Lipinski definition) is 3. The van der Waals surface area contributed by atoms with E-state index >= 15 is 0 Å². The Hall–Kier alpha value is -3.36. The summed E-state index contributed by atoms with van der Waals surface area (Å²) in [6.45, 7) is 1.09. The minimum absolute atomic E-state index is 0.0787. The Balaban J connectivity index is 1.44. The monoisotopic (exact) mass is 567 g/mol. The fourth-order valence-corrected chi connectivity index (χ4v) is 4.49. The molecule has 204 valence electrons. The summed E-state index contributed by atoms with van der Waals surface area (Å²) in [6, 6.07) is 22.6. The van der Waals surface area contributed by atoms with Gasteiger partial charge in [0.05, 0.1) is 6.61 Å². The number of hydrogen-bond acceptors (Lipinski definition) is 6. The number of carbonyl (C=O) groups is 1. The second-order valence-electron chi connectivity index (χ2n) is 9.07. The second kappa shape index (κ2) is 14.1. The van der Waals surface area contributed by atoms with Crippen LogP contribution in [0.4, 0.5) is 0 Å². The van der Waals surface area contributed by atoms with Gasteiger partial charge in [0.1, 0.15) is 12.4 Å². The smallest absolute Gasteiger partial charge is 0.266 e. The first-order chi connectivity index (χ1) is 19.0. The van der Waals surface area contributed by atoms with Gasteiger partial charge in [0.25, 0.3) is 5.91 Å². The molecule has 0 saturated carbocycles. The summed E-state index contributed by atoms with van der Waals surface area (Å²) in [6.07, 6.45) is 5.43. The van der Waals surface area contributed by atoms with Crippen molar-refractivity contribution in [2.75, 3.05) is 26.4 Å². The van der Waals surface area contributed by atoms with Gasteiger partial charge >= 0.3 is 0 Å². The number of aliphatic hydroxyl groups is 1. The average Bonchev–Trinajstić information content (AvgIpc) is 3.39. The molecule has 1 heterocycles. The van der Waals surface area contributed by atoms with E-state index in [1.54, 1.807) is 12.1 Å². The lowest BCUT2D eigenvalue weighted by Crippen LogP contribution is -2.51. The summed E-state index contributed by atoms with van der Waals surface area (Å²) in [5, 5.41) is 10.1. The van der Waals surface area contributed by atoms with Gasteiger partial charge in [-0.1, -0.05) is 71.8 Å². The third-order valence-electron chi connectivity index (χ3n) is 6.16. The molecule has 1 atom stereocenters. The molecule has 3 N–H and O–H groups in total. The highest BCUT2D eigenvalue weighted by Gasteiger charge is 2.43. The van der Waals surface area contributed by atoms with E-state index in [2.05, 4.69) is 10.9 Å². The van der Waals surface area contributed by atoms with Crippen LogP contribution in [-0.4, -0.2) is 48.8 Å². The number of hydrazine groups is 1. The van der Waals surface area contributed by atoms with E-state index in [1.807, 2.05) is 72.8 Å². The maximum Gasteiger partial charge on any atom is 0.266 e. The zero-order valence-electron chi connectivity index (χ0n) is 21.4. The maximum absolute atomic E-state index is 13.4. The SMILES string of the molecule is O=C(NNCCc1ccc(Cl)cc1Cl)[C@]1(C/C=C/c2ccccc2)COC(c2ccc(OCCCO)cc2)=N1. The number of aliphatic hydroxyl groups excluding tert-OH is 1. The molecule has 3 aromatic rings. The number of rotatable bonds is 13. The zero-order valence-corrected chi connectivity index (χ0v) is 22.9. The van der Waals surface area contributed by atoms with E-state index in [9.17, 15) is 4.79 Å². The van der Waals surface area contributed by atoms with Crippen LogP contribution in [0.1, 0.15) is 29.5 Å². The highest BCUT2D eigenvalue weighted by molar-refractivity contribution is 6.35. The van der Waals surface area contributed by atoms with Crippen molar-refractivity contribution in [1.82, 2.24) is 10.9 Å². The van der Waals surface area contributed by atoms with E-state index < -0.39 is 5.54 Å². The molecular weight excluding hydrogens is 537 g/mol. The van der Waals surface area contributed by atoms with Crippen LogP contribution in [0, 0.1) is 0 Å². The molecule has 3 aromatic carbocycles. The van der Waals surface area contributed by atoms with Crippen LogP contribution in [0.25, 0.3) is 6.08 Å². The lowest BCUT2D eigenvalue weighted by molar-refractivity contribution is -0.127. The van der Waals surface area contributed by atoms with Gasteiger partial charge in [0, 0.05) is 41.6 Å². The number of benzene rings is 3. The Bertz CT molecular complexity index is 1300. The number of carbonyl (C=O) groups excluding carboxylic acids is 1. The standard InChI is InChI=1S/C30H31Cl2N3O4/c31-25-12-9-23(27(32)20-25)15-17-33-35-29(37)30(16-4-8-22-6-2-1-3-7-22)21-39-28(34-30)24-10-13-26(14-11-24)38-19-5-18-36/h1-4,6-14,20,33,36H,5,15-19,21H2,(H,35,37)/b8-4+/t30-/m0/s1. The maximum atomic E-state index is 13.4. The van der Waals surface area contributed by atoms with Crippen LogP contribution in [-0.2, 0) is 16.0 Å². The first-order valence-corrected chi connectivity index (χ1v) is 13.5. The summed E-state index contributed by atoms with van der Waals surface area (Å²) < 4.78 is 11.5. The van der Waals surface area contributed by atoms with Gasteiger partial charge in [-0.15, -0.1) is 0 Å². The van der Waals surface area contributed by atoms with Crippen molar-refractivity contribution in [2.45, 2.75) is 24.8 Å². The number of nitrogens with zero attached hydrogens (tertiary/aromatic N) is 1. The zero-order chi connectivity index (χ0) is 27.5. The van der Waals surface area contributed by atoms with E-state index in [4.69, 9.17) is 42.8 Å². The number of aliphatic imine (C=N–C) groups is 1. The van der Waals surface area contributed by atoms with E-state index in [1.165, 1.54) is 0 Å². The Morgan fingerprint density at radius 2 is 1.90 bits per heavy atom. The number of nitrogens with one attached hydrogen (secondary N) is 2. The quantitative estimate of drug-likeness (QED) is 0.194. The van der Waals surface area contributed by atoms with Crippen molar-refractivity contribution in [3.8, 4) is 5.75 Å². The average molecular weight is 569 g/mol. The highest BCUT2D eigenvalue weighted by Crippen LogP contribution is 2.28. The minimum Gasteiger partial charge on any atom is -0.494 e. The van der Waals surface area contributed by atoms with Crippen LogP contribution in [0.3, 0.4) is 0 Å². The Morgan fingerprint density at radius 3 is 2.64 bits per heavy atom. The Labute approximate surface area is 238 Å². The van der Waals surface area contributed by atoms with Crippen LogP contribution < -0.4 is 15.6 Å².